The van der Waals surface area contributed by atoms with Gasteiger partial charge in [0.05, 0.1) is 12.8 Å². The Morgan fingerprint density at radius 1 is 0.921 bits per heavy atom. The van der Waals surface area contributed by atoms with Gasteiger partial charge in [-0.2, -0.15) is 0 Å². The van der Waals surface area contributed by atoms with Crippen LogP contribution >= 0.6 is 0 Å². The summed E-state index contributed by atoms with van der Waals surface area (Å²) in [7, 11) is 3.83. The molecule has 2 amide bonds. The van der Waals surface area contributed by atoms with E-state index in [0.29, 0.717) is 24.2 Å². The maximum absolute atomic E-state index is 13.7. The maximum atomic E-state index is 13.7. The van der Waals surface area contributed by atoms with Gasteiger partial charge in [0.1, 0.15) is 5.75 Å². The Morgan fingerprint density at radius 3 is 2.21 bits per heavy atom. The van der Waals surface area contributed by atoms with Crippen LogP contribution < -0.4 is 19.9 Å². The van der Waals surface area contributed by atoms with Crippen LogP contribution in [0.1, 0.15) is 40.1 Å². The molecule has 3 aromatic rings. The molecule has 1 heterocycles. The molecule has 3 aromatic carbocycles. The number of benzene rings is 3. The molecule has 0 spiro atoms. The minimum absolute atomic E-state index is 0.0387. The molecule has 0 saturated carbocycles. The van der Waals surface area contributed by atoms with Gasteiger partial charge in [-0.05, 0) is 87.0 Å². The smallest absolute Gasteiger partial charge is 0.258 e. The van der Waals surface area contributed by atoms with Gasteiger partial charge in [-0.15, -0.1) is 0 Å². The Labute approximate surface area is 226 Å². The largest absolute Gasteiger partial charge is 0.495 e. The summed E-state index contributed by atoms with van der Waals surface area (Å²) in [6, 6.07) is 19.4. The summed E-state index contributed by atoms with van der Waals surface area (Å²) in [5, 5.41) is 2.82. The summed E-state index contributed by atoms with van der Waals surface area (Å²) in [5.74, 6) is 0.703. The molecule has 0 radical (unpaired) electrons. The zero-order valence-electron chi connectivity index (χ0n) is 23.1. The highest BCUT2D eigenvalue weighted by atomic mass is 16.5. The van der Waals surface area contributed by atoms with Crippen LogP contribution in [-0.4, -0.2) is 70.1 Å². The van der Waals surface area contributed by atoms with Crippen molar-refractivity contribution in [1.29, 1.82) is 0 Å². The number of hydrogen-bond acceptors (Lipinski definition) is 5. The van der Waals surface area contributed by atoms with Crippen molar-refractivity contribution in [3.8, 4) is 16.9 Å². The lowest BCUT2D eigenvalue weighted by Gasteiger charge is -2.35. The van der Waals surface area contributed by atoms with Gasteiger partial charge in [-0.1, -0.05) is 18.2 Å². The fraction of sp³-hybridized carbons (Fsp3) is 0.355. The molecule has 4 rings (SSSR count). The number of likely N-dealkylation sites (N-methyl/N-ethyl adjacent to an activating group) is 1. The molecule has 1 fully saturated rings. The highest BCUT2D eigenvalue weighted by molar-refractivity contribution is 6.07. The first-order valence-corrected chi connectivity index (χ1v) is 13.3. The van der Waals surface area contributed by atoms with E-state index >= 15 is 0 Å². The summed E-state index contributed by atoms with van der Waals surface area (Å²) in [6.45, 7) is 10.9. The molecular formula is C31H38N4O3. The fourth-order valence-corrected chi connectivity index (χ4v) is 4.92. The van der Waals surface area contributed by atoms with E-state index in [4.69, 9.17) is 4.74 Å². The molecule has 7 heteroatoms. The van der Waals surface area contributed by atoms with Crippen LogP contribution in [0.3, 0.4) is 0 Å². The van der Waals surface area contributed by atoms with Crippen molar-refractivity contribution in [3.05, 3.63) is 77.4 Å². The summed E-state index contributed by atoms with van der Waals surface area (Å²) < 4.78 is 5.66. The van der Waals surface area contributed by atoms with E-state index in [9.17, 15) is 9.59 Å². The zero-order valence-corrected chi connectivity index (χ0v) is 23.1. The van der Waals surface area contributed by atoms with Gasteiger partial charge < -0.3 is 24.8 Å². The molecule has 200 valence electrons. The fourth-order valence-electron chi connectivity index (χ4n) is 4.92. The number of piperazine rings is 1. The van der Waals surface area contributed by atoms with Gasteiger partial charge >= 0.3 is 0 Å². The van der Waals surface area contributed by atoms with E-state index in [0.717, 1.165) is 60.0 Å². The molecule has 7 nitrogen and oxygen atoms in total. The second-order valence-corrected chi connectivity index (χ2v) is 9.66. The van der Waals surface area contributed by atoms with Gasteiger partial charge in [0, 0.05) is 56.1 Å². The van der Waals surface area contributed by atoms with Crippen LogP contribution in [-0.2, 0) is 0 Å². The van der Waals surface area contributed by atoms with Crippen LogP contribution in [0, 0.1) is 6.92 Å². The van der Waals surface area contributed by atoms with Gasteiger partial charge in [0.2, 0.25) is 0 Å². The summed E-state index contributed by atoms with van der Waals surface area (Å²) in [6.07, 6.45) is 0. The van der Waals surface area contributed by atoms with E-state index in [1.165, 1.54) is 0 Å². The molecule has 0 bridgehead atoms. The third-order valence-corrected chi connectivity index (χ3v) is 7.15. The Kier molecular flexibility index (Phi) is 8.69. The lowest BCUT2D eigenvalue weighted by molar-refractivity contribution is 0.0954. The molecule has 0 aliphatic carbocycles. The number of ether oxygens (including phenoxy) is 1. The molecule has 0 atom stereocenters. The van der Waals surface area contributed by atoms with Crippen molar-refractivity contribution in [2.75, 3.05) is 63.2 Å². The first-order valence-electron chi connectivity index (χ1n) is 13.3. The summed E-state index contributed by atoms with van der Waals surface area (Å²) in [5.41, 5.74) is 6.20. The second kappa shape index (κ2) is 12.1. The highest BCUT2D eigenvalue weighted by Crippen LogP contribution is 2.34. The standard InChI is InChI=1S/C31H38N4O3/c1-6-32-30(36)24-10-8-23(9-11-24)27-14-12-25(20-22(27)3)31(37)35(7-2)26-13-15-29(38-5)28(21-26)34-18-16-33(4)17-19-34/h8-15,20-21H,6-7,16-19H2,1-5H3,(H,32,36). The second-order valence-electron chi connectivity index (χ2n) is 9.66. The Bertz CT molecular complexity index is 1280. The molecule has 1 N–H and O–H groups in total. The minimum Gasteiger partial charge on any atom is -0.495 e. The van der Waals surface area contributed by atoms with Gasteiger partial charge in [-0.3, -0.25) is 9.59 Å². The molecule has 0 unspecified atom stereocenters. The Balaban J connectivity index is 1.57. The first kappa shape index (κ1) is 27.2. The molecule has 0 aromatic heterocycles. The average molecular weight is 515 g/mol. The number of anilines is 2. The van der Waals surface area contributed by atoms with Crippen LogP contribution in [0.5, 0.6) is 5.75 Å². The number of amides is 2. The summed E-state index contributed by atoms with van der Waals surface area (Å²) >= 11 is 0. The minimum atomic E-state index is -0.0781. The Hall–Kier alpha value is -3.84. The number of rotatable bonds is 8. The van der Waals surface area contributed by atoms with Crippen LogP contribution in [0.15, 0.2) is 60.7 Å². The Morgan fingerprint density at radius 2 is 1.61 bits per heavy atom. The molecule has 38 heavy (non-hydrogen) atoms. The predicted molar refractivity (Wildman–Crippen MR) is 155 cm³/mol. The monoisotopic (exact) mass is 514 g/mol. The molecule has 1 aliphatic heterocycles. The lowest BCUT2D eigenvalue weighted by atomic mass is 9.97. The van der Waals surface area contributed by atoms with Crippen molar-refractivity contribution < 1.29 is 14.3 Å². The van der Waals surface area contributed by atoms with Crippen molar-refractivity contribution >= 4 is 23.2 Å². The molecule has 1 saturated heterocycles. The predicted octanol–water partition coefficient (Wildman–Crippen LogP) is 4.84. The van der Waals surface area contributed by atoms with E-state index < -0.39 is 0 Å². The normalized spacial score (nSPS) is 13.8. The van der Waals surface area contributed by atoms with Gasteiger partial charge in [0.25, 0.3) is 11.8 Å². The van der Waals surface area contributed by atoms with E-state index in [2.05, 4.69) is 28.2 Å². The number of nitrogens with zero attached hydrogens (tertiary/aromatic N) is 3. The van der Waals surface area contributed by atoms with E-state index in [1.54, 1.807) is 7.11 Å². The van der Waals surface area contributed by atoms with Gasteiger partial charge in [-0.25, -0.2) is 0 Å². The first-order chi connectivity index (χ1) is 18.4. The summed E-state index contributed by atoms with van der Waals surface area (Å²) in [4.78, 5) is 32.2. The average Bonchev–Trinajstić information content (AvgIpc) is 2.94. The number of aryl methyl sites for hydroxylation is 1. The maximum Gasteiger partial charge on any atom is 0.258 e. The van der Waals surface area contributed by atoms with Crippen molar-refractivity contribution in [2.24, 2.45) is 0 Å². The number of methoxy groups -OCH3 is 1. The third-order valence-electron chi connectivity index (χ3n) is 7.15. The highest BCUT2D eigenvalue weighted by Gasteiger charge is 2.22. The number of nitrogens with one attached hydrogen (secondary N) is 1. The third kappa shape index (κ3) is 5.83. The SMILES string of the molecule is CCNC(=O)c1ccc(-c2ccc(C(=O)N(CC)c3ccc(OC)c(N4CCN(C)CC4)c3)cc2C)cc1. The van der Waals surface area contributed by atoms with Gasteiger partial charge in [0.15, 0.2) is 0 Å². The number of hydrogen-bond donors (Lipinski definition) is 1. The van der Waals surface area contributed by atoms with Crippen molar-refractivity contribution in [2.45, 2.75) is 20.8 Å². The topological polar surface area (TPSA) is 65.1 Å². The van der Waals surface area contributed by atoms with E-state index in [-0.39, 0.29) is 11.8 Å². The quantitative estimate of drug-likeness (QED) is 0.466. The molecular weight excluding hydrogens is 476 g/mol. The zero-order chi connectivity index (χ0) is 27.2. The van der Waals surface area contributed by atoms with E-state index in [1.807, 2.05) is 80.3 Å². The number of carbonyl (C=O) groups is 2. The van der Waals surface area contributed by atoms with Crippen molar-refractivity contribution in [1.82, 2.24) is 10.2 Å². The molecule has 1 aliphatic rings. The van der Waals surface area contributed by atoms with Crippen LogP contribution in [0.2, 0.25) is 0 Å². The van der Waals surface area contributed by atoms with Crippen LogP contribution in [0.4, 0.5) is 11.4 Å². The number of carbonyl (C=O) groups excluding carboxylic acids is 2. The van der Waals surface area contributed by atoms with Crippen LogP contribution in [0.25, 0.3) is 11.1 Å². The lowest BCUT2D eigenvalue weighted by Crippen LogP contribution is -2.44. The van der Waals surface area contributed by atoms with Crippen molar-refractivity contribution in [3.63, 3.8) is 0 Å².